The average Bonchev–Trinajstić information content (AvgIpc) is 2.98. The van der Waals surface area contributed by atoms with Gasteiger partial charge in [0.15, 0.2) is 5.78 Å². The standard InChI is InChI=1S/C24H25NO3S/c1-14-10-16(11-15(2)22(14)27)12-20-23(28)25-21(29-20)13-19(26)17-6-8-18(9-7-17)24(3,4)5/h6-13,27H,1-5H3,(H,25,28)/b20-12-,21-13-. The summed E-state index contributed by atoms with van der Waals surface area (Å²) < 4.78 is 1.02. The first kappa shape index (κ1) is 20.8. The van der Waals surface area contributed by atoms with E-state index < -0.39 is 0 Å². The van der Waals surface area contributed by atoms with Crippen LogP contribution in [0.1, 0.15) is 53.4 Å². The summed E-state index contributed by atoms with van der Waals surface area (Å²) in [6, 6.07) is 11.2. The van der Waals surface area contributed by atoms with Crippen molar-refractivity contribution in [3.8, 4) is 5.75 Å². The number of aryl methyl sites for hydroxylation is 2. The summed E-state index contributed by atoms with van der Waals surface area (Å²) in [4.78, 5) is 27.6. The Labute approximate surface area is 173 Å². The van der Waals surface area contributed by atoms with Gasteiger partial charge in [0, 0.05) is 11.6 Å². The first-order valence-electron chi connectivity index (χ1n) is 9.42. The van der Waals surface area contributed by atoms with Crippen LogP contribution in [0.2, 0.25) is 0 Å². The summed E-state index contributed by atoms with van der Waals surface area (Å²) in [5.41, 5.74) is 3.88. The second-order valence-corrected chi connectivity index (χ2v) is 9.35. The Bertz CT molecular complexity index is 1220. The molecule has 0 amide bonds. The fourth-order valence-electron chi connectivity index (χ4n) is 3.09. The van der Waals surface area contributed by atoms with Gasteiger partial charge < -0.3 is 10.1 Å². The van der Waals surface area contributed by atoms with Crippen LogP contribution in [0.4, 0.5) is 0 Å². The molecule has 0 unspecified atom stereocenters. The van der Waals surface area contributed by atoms with Crippen LogP contribution >= 0.6 is 11.3 Å². The molecule has 3 rings (SSSR count). The van der Waals surface area contributed by atoms with Gasteiger partial charge in [-0.1, -0.05) is 45.0 Å². The normalized spacial score (nSPS) is 13.1. The van der Waals surface area contributed by atoms with E-state index in [9.17, 15) is 14.7 Å². The number of ketones is 1. The largest absolute Gasteiger partial charge is 0.507 e. The van der Waals surface area contributed by atoms with E-state index in [4.69, 9.17) is 0 Å². The molecular weight excluding hydrogens is 382 g/mol. The maximum absolute atomic E-state index is 12.6. The quantitative estimate of drug-likeness (QED) is 0.653. The number of rotatable bonds is 3. The minimum Gasteiger partial charge on any atom is -0.507 e. The first-order valence-corrected chi connectivity index (χ1v) is 10.2. The molecule has 0 radical (unpaired) electrons. The van der Waals surface area contributed by atoms with Gasteiger partial charge in [0.25, 0.3) is 5.56 Å². The molecule has 0 saturated carbocycles. The van der Waals surface area contributed by atoms with Gasteiger partial charge in [-0.15, -0.1) is 11.3 Å². The molecule has 0 aliphatic rings. The van der Waals surface area contributed by atoms with Gasteiger partial charge in [-0.2, -0.15) is 0 Å². The van der Waals surface area contributed by atoms with Crippen molar-refractivity contribution in [1.29, 1.82) is 0 Å². The lowest BCUT2D eigenvalue weighted by Crippen LogP contribution is -2.20. The summed E-state index contributed by atoms with van der Waals surface area (Å²) in [6.45, 7) is 10.0. The number of hydrogen-bond donors (Lipinski definition) is 2. The predicted octanol–water partition coefficient (Wildman–Crippen LogP) is 3.55. The van der Waals surface area contributed by atoms with Crippen LogP contribution in [-0.2, 0) is 5.41 Å². The summed E-state index contributed by atoms with van der Waals surface area (Å²) >= 11 is 1.24. The summed E-state index contributed by atoms with van der Waals surface area (Å²) in [5, 5.41) is 9.90. The third kappa shape index (κ3) is 4.74. The zero-order valence-corrected chi connectivity index (χ0v) is 18.1. The fraction of sp³-hybridized carbons (Fsp3) is 0.250. The number of carbonyl (C=O) groups is 1. The number of thiazole rings is 1. The lowest BCUT2D eigenvalue weighted by Gasteiger charge is -2.18. The topological polar surface area (TPSA) is 70.2 Å². The van der Waals surface area contributed by atoms with Crippen molar-refractivity contribution in [1.82, 2.24) is 4.98 Å². The Morgan fingerprint density at radius 1 is 1.07 bits per heavy atom. The average molecular weight is 408 g/mol. The number of benzene rings is 2. The number of carbonyl (C=O) groups excluding carboxylic acids is 1. The minimum atomic E-state index is -0.236. The molecule has 1 heterocycles. The molecule has 2 aromatic carbocycles. The van der Waals surface area contributed by atoms with Crippen LogP contribution in [-0.4, -0.2) is 15.9 Å². The van der Waals surface area contributed by atoms with Gasteiger partial charge in [0.1, 0.15) is 5.75 Å². The van der Waals surface area contributed by atoms with Crippen molar-refractivity contribution in [3.63, 3.8) is 0 Å². The Morgan fingerprint density at radius 3 is 2.21 bits per heavy atom. The highest BCUT2D eigenvalue weighted by Gasteiger charge is 2.13. The molecular formula is C24H25NO3S. The molecule has 4 nitrogen and oxygen atoms in total. The molecule has 2 N–H and O–H groups in total. The number of nitrogens with one attached hydrogen (secondary N) is 1. The number of phenols is 1. The second-order valence-electron chi connectivity index (χ2n) is 8.27. The van der Waals surface area contributed by atoms with Crippen molar-refractivity contribution in [3.05, 3.63) is 83.8 Å². The van der Waals surface area contributed by atoms with Crippen molar-refractivity contribution >= 4 is 29.3 Å². The van der Waals surface area contributed by atoms with Crippen molar-refractivity contribution < 1.29 is 9.90 Å². The van der Waals surface area contributed by atoms with E-state index in [-0.39, 0.29) is 22.5 Å². The van der Waals surface area contributed by atoms with E-state index in [0.717, 1.165) is 22.3 Å². The van der Waals surface area contributed by atoms with Crippen LogP contribution in [0.25, 0.3) is 12.2 Å². The maximum Gasteiger partial charge on any atom is 0.266 e. The lowest BCUT2D eigenvalue weighted by atomic mass is 9.86. The third-order valence-corrected chi connectivity index (χ3v) is 5.75. The SMILES string of the molecule is Cc1cc(/C=c2\s/c(=C\C(=O)c3ccc(C(C)(C)C)cc3)[nH]c2=O)cc(C)c1O. The fourth-order valence-corrected chi connectivity index (χ4v) is 3.97. The number of phenolic OH excluding ortho intramolecular Hbond substituents is 1. The van der Waals surface area contributed by atoms with E-state index in [2.05, 4.69) is 25.8 Å². The third-order valence-electron chi connectivity index (χ3n) is 4.79. The van der Waals surface area contributed by atoms with E-state index in [1.807, 2.05) is 50.2 Å². The number of hydrogen-bond acceptors (Lipinski definition) is 4. The number of H-pyrrole nitrogens is 1. The van der Waals surface area contributed by atoms with Crippen molar-refractivity contribution in [2.24, 2.45) is 0 Å². The van der Waals surface area contributed by atoms with E-state index in [0.29, 0.717) is 14.8 Å². The van der Waals surface area contributed by atoms with E-state index in [1.54, 1.807) is 6.08 Å². The molecule has 5 heteroatoms. The molecule has 150 valence electrons. The van der Waals surface area contributed by atoms with Gasteiger partial charge in [-0.3, -0.25) is 9.59 Å². The van der Waals surface area contributed by atoms with E-state index >= 15 is 0 Å². The number of Topliss-reactive ketones (excluding diaryl/α,β-unsaturated/α-hetero) is 1. The predicted molar refractivity (Wildman–Crippen MR) is 119 cm³/mol. The molecule has 0 atom stereocenters. The van der Waals surface area contributed by atoms with Crippen LogP contribution < -0.4 is 14.8 Å². The highest BCUT2D eigenvalue weighted by Crippen LogP contribution is 2.23. The zero-order chi connectivity index (χ0) is 21.3. The smallest absolute Gasteiger partial charge is 0.266 e. The monoisotopic (exact) mass is 407 g/mol. The second kappa shape index (κ2) is 7.84. The molecule has 0 aliphatic heterocycles. The van der Waals surface area contributed by atoms with Gasteiger partial charge in [0.2, 0.25) is 0 Å². The highest BCUT2D eigenvalue weighted by molar-refractivity contribution is 7.07. The summed E-state index contributed by atoms with van der Waals surface area (Å²) in [5.74, 6) is 0.116. The first-order chi connectivity index (χ1) is 13.5. The number of aromatic amines is 1. The molecule has 0 fully saturated rings. The van der Waals surface area contributed by atoms with Crippen LogP contribution in [0, 0.1) is 13.8 Å². The number of aromatic hydroxyl groups is 1. The van der Waals surface area contributed by atoms with Crippen LogP contribution in [0.15, 0.2) is 41.2 Å². The Balaban J connectivity index is 1.94. The molecule has 1 aromatic heterocycles. The molecule has 0 spiro atoms. The summed E-state index contributed by atoms with van der Waals surface area (Å²) in [6.07, 6.45) is 3.23. The van der Waals surface area contributed by atoms with E-state index in [1.165, 1.54) is 17.4 Å². The molecule has 3 aromatic rings. The Morgan fingerprint density at radius 2 is 1.66 bits per heavy atom. The van der Waals surface area contributed by atoms with Crippen LogP contribution in [0.3, 0.4) is 0 Å². The Hall–Kier alpha value is -2.92. The zero-order valence-electron chi connectivity index (χ0n) is 17.3. The molecule has 0 aliphatic carbocycles. The Kier molecular flexibility index (Phi) is 5.62. The van der Waals surface area contributed by atoms with Gasteiger partial charge >= 0.3 is 0 Å². The van der Waals surface area contributed by atoms with Crippen LogP contribution in [0.5, 0.6) is 5.75 Å². The van der Waals surface area contributed by atoms with Gasteiger partial charge in [-0.25, -0.2) is 0 Å². The van der Waals surface area contributed by atoms with Crippen molar-refractivity contribution in [2.75, 3.05) is 0 Å². The minimum absolute atomic E-state index is 0.0277. The molecule has 0 saturated heterocycles. The highest BCUT2D eigenvalue weighted by atomic mass is 32.1. The maximum atomic E-state index is 12.6. The molecule has 29 heavy (non-hydrogen) atoms. The summed E-state index contributed by atoms with van der Waals surface area (Å²) in [7, 11) is 0. The molecule has 0 bridgehead atoms. The number of aromatic nitrogens is 1. The van der Waals surface area contributed by atoms with Gasteiger partial charge in [-0.05, 0) is 59.7 Å². The van der Waals surface area contributed by atoms with Crippen molar-refractivity contribution in [2.45, 2.75) is 40.0 Å². The van der Waals surface area contributed by atoms with Gasteiger partial charge in [0.05, 0.1) is 9.20 Å². The lowest BCUT2D eigenvalue weighted by molar-refractivity contribution is 0.106.